The molecule has 1 aliphatic heterocycles. The highest BCUT2D eigenvalue weighted by Gasteiger charge is 2.31. The van der Waals surface area contributed by atoms with Gasteiger partial charge in [0.05, 0.1) is 28.4 Å². The molecule has 0 atom stereocenters. The number of benzene rings is 3. The molecule has 8 nitrogen and oxygen atoms in total. The van der Waals surface area contributed by atoms with Crippen molar-refractivity contribution in [1.29, 1.82) is 0 Å². The first kappa shape index (κ1) is 24.4. The maximum atomic E-state index is 13.7. The van der Waals surface area contributed by atoms with Crippen molar-refractivity contribution >= 4 is 66.9 Å². The van der Waals surface area contributed by atoms with E-state index < -0.39 is 5.97 Å². The highest BCUT2D eigenvalue weighted by molar-refractivity contribution is 7.23. The number of aliphatic carboxylic acids is 1. The van der Waals surface area contributed by atoms with Crippen LogP contribution in [0, 0.1) is 6.92 Å². The average Bonchev–Trinajstić information content (AvgIpc) is 3.48. The maximum absolute atomic E-state index is 13.7. The van der Waals surface area contributed by atoms with Gasteiger partial charge in [0.25, 0.3) is 0 Å². The van der Waals surface area contributed by atoms with Crippen LogP contribution in [0.4, 0.5) is 15.6 Å². The third-order valence-electron chi connectivity index (χ3n) is 6.96. The topological polar surface area (TPSA) is 91.6 Å². The number of aryl methyl sites for hydroxylation is 2. The number of urea groups is 1. The van der Waals surface area contributed by atoms with Crippen molar-refractivity contribution in [3.8, 4) is 11.1 Å². The van der Waals surface area contributed by atoms with E-state index in [1.165, 1.54) is 11.3 Å². The molecular weight excluding hydrogens is 522 g/mol. The monoisotopic (exact) mass is 545 g/mol. The highest BCUT2D eigenvalue weighted by Crippen LogP contribution is 2.41. The lowest BCUT2D eigenvalue weighted by Gasteiger charge is -2.34. The molecule has 0 saturated carbocycles. The van der Waals surface area contributed by atoms with Gasteiger partial charge in [-0.25, -0.2) is 9.78 Å². The Balaban J connectivity index is 1.43. The van der Waals surface area contributed by atoms with Gasteiger partial charge in [-0.15, -0.1) is 0 Å². The van der Waals surface area contributed by atoms with Crippen molar-refractivity contribution in [3.05, 3.63) is 70.9 Å². The SMILES string of the molecule is Cc1cc2nc(N3CCCN(c4ccc5c(cnn5C)c4)C3=O)sc2c(-c2ccc(Cl)cc2)c1CC(=O)O. The minimum Gasteiger partial charge on any atom is -0.481 e. The fraction of sp³-hybridized carbons (Fsp3) is 0.214. The molecule has 2 aromatic heterocycles. The Kier molecular flexibility index (Phi) is 6.04. The normalized spacial score (nSPS) is 14.1. The van der Waals surface area contributed by atoms with Crippen LogP contribution in [0.3, 0.4) is 0 Å². The second kappa shape index (κ2) is 9.41. The van der Waals surface area contributed by atoms with Crippen molar-refractivity contribution in [3.63, 3.8) is 0 Å². The fourth-order valence-electron chi connectivity index (χ4n) is 5.10. The molecule has 0 spiro atoms. The lowest BCUT2D eigenvalue weighted by molar-refractivity contribution is -0.136. The van der Waals surface area contributed by atoms with Crippen molar-refractivity contribution < 1.29 is 14.7 Å². The molecule has 0 unspecified atom stereocenters. The number of nitrogens with zero attached hydrogens (tertiary/aromatic N) is 5. The number of fused-ring (bicyclic) bond motifs is 2. The number of amides is 2. The number of hydrogen-bond donors (Lipinski definition) is 1. The molecule has 1 aliphatic rings. The van der Waals surface area contributed by atoms with Crippen LogP contribution in [-0.4, -0.2) is 45.0 Å². The Bertz CT molecular complexity index is 1730. The standard InChI is InChI=1S/C28H24ClN5O3S/c1-16-12-22-26(25(21(16)14-24(35)36)17-4-6-19(29)7-5-17)38-27(31-22)34-11-3-10-33(28(34)37)20-8-9-23-18(13-20)15-30-32(23)2/h4-9,12-13,15H,3,10-11,14H2,1-2H3,(H,35,36). The van der Waals surface area contributed by atoms with Gasteiger partial charge in [0.15, 0.2) is 5.13 Å². The molecule has 6 rings (SSSR count). The van der Waals surface area contributed by atoms with Crippen LogP contribution >= 0.6 is 22.9 Å². The molecule has 0 radical (unpaired) electrons. The number of hydrogen-bond acceptors (Lipinski definition) is 5. The summed E-state index contributed by atoms with van der Waals surface area (Å²) in [5, 5.41) is 16.1. The Morgan fingerprint density at radius 3 is 2.63 bits per heavy atom. The van der Waals surface area contributed by atoms with E-state index in [2.05, 4.69) is 5.10 Å². The molecule has 1 fully saturated rings. The van der Waals surface area contributed by atoms with Crippen LogP contribution in [0.2, 0.25) is 5.02 Å². The van der Waals surface area contributed by atoms with Crippen LogP contribution in [-0.2, 0) is 18.3 Å². The zero-order valence-electron chi connectivity index (χ0n) is 20.8. The van der Waals surface area contributed by atoms with Gasteiger partial charge >= 0.3 is 12.0 Å². The Labute approximate surface area is 227 Å². The van der Waals surface area contributed by atoms with Gasteiger partial charge in [0.1, 0.15) is 0 Å². The zero-order chi connectivity index (χ0) is 26.6. The van der Waals surface area contributed by atoms with E-state index in [0.717, 1.165) is 55.5 Å². The Hall–Kier alpha value is -3.95. The second-order valence-corrected chi connectivity index (χ2v) is 10.8. The van der Waals surface area contributed by atoms with Crippen LogP contribution in [0.5, 0.6) is 0 Å². The first-order valence-electron chi connectivity index (χ1n) is 12.2. The average molecular weight is 546 g/mol. The lowest BCUT2D eigenvalue weighted by Crippen LogP contribution is -2.49. The van der Waals surface area contributed by atoms with E-state index in [4.69, 9.17) is 16.6 Å². The summed E-state index contributed by atoms with van der Waals surface area (Å²) >= 11 is 7.55. The lowest BCUT2D eigenvalue weighted by atomic mass is 9.93. The van der Waals surface area contributed by atoms with Gasteiger partial charge in [-0.3, -0.25) is 19.3 Å². The molecule has 1 saturated heterocycles. The molecule has 0 aliphatic carbocycles. The summed E-state index contributed by atoms with van der Waals surface area (Å²) in [6, 6.07) is 15.1. The number of halogens is 1. The predicted octanol–water partition coefficient (Wildman–Crippen LogP) is 6.28. The van der Waals surface area contributed by atoms with Gasteiger partial charge in [0, 0.05) is 41.8 Å². The van der Waals surface area contributed by atoms with E-state index in [1.54, 1.807) is 28.1 Å². The van der Waals surface area contributed by atoms with Crippen LogP contribution in [0.25, 0.3) is 32.2 Å². The van der Waals surface area contributed by atoms with Gasteiger partial charge in [-0.1, -0.05) is 35.1 Å². The second-order valence-electron chi connectivity index (χ2n) is 9.42. The van der Waals surface area contributed by atoms with Crippen molar-refractivity contribution in [2.24, 2.45) is 7.05 Å². The smallest absolute Gasteiger partial charge is 0.330 e. The largest absolute Gasteiger partial charge is 0.481 e. The molecule has 2 amide bonds. The molecule has 3 heterocycles. The molecule has 192 valence electrons. The third-order valence-corrected chi connectivity index (χ3v) is 8.32. The van der Waals surface area contributed by atoms with Crippen LogP contribution < -0.4 is 9.80 Å². The molecule has 3 aromatic carbocycles. The molecule has 10 heteroatoms. The summed E-state index contributed by atoms with van der Waals surface area (Å²) in [4.78, 5) is 33.8. The van der Waals surface area contributed by atoms with E-state index in [0.29, 0.717) is 23.2 Å². The first-order valence-corrected chi connectivity index (χ1v) is 13.4. The zero-order valence-corrected chi connectivity index (χ0v) is 22.4. The quantitative estimate of drug-likeness (QED) is 0.281. The summed E-state index contributed by atoms with van der Waals surface area (Å²) in [5.74, 6) is -0.903. The van der Waals surface area contributed by atoms with Gasteiger partial charge in [0.2, 0.25) is 0 Å². The van der Waals surface area contributed by atoms with E-state index in [-0.39, 0.29) is 12.5 Å². The predicted molar refractivity (Wildman–Crippen MR) is 152 cm³/mol. The van der Waals surface area contributed by atoms with Gasteiger partial charge in [-0.2, -0.15) is 5.10 Å². The summed E-state index contributed by atoms with van der Waals surface area (Å²) in [6.07, 6.45) is 2.48. The fourth-order valence-corrected chi connectivity index (χ4v) is 6.38. The minimum absolute atomic E-state index is 0.111. The molecule has 38 heavy (non-hydrogen) atoms. The van der Waals surface area contributed by atoms with Crippen LogP contribution in [0.1, 0.15) is 17.5 Å². The molecule has 5 aromatic rings. The van der Waals surface area contributed by atoms with Gasteiger partial charge < -0.3 is 5.11 Å². The number of carbonyl (C=O) groups excluding carboxylic acids is 1. The summed E-state index contributed by atoms with van der Waals surface area (Å²) < 4.78 is 2.66. The first-order chi connectivity index (χ1) is 18.3. The van der Waals surface area contributed by atoms with Crippen LogP contribution in [0.15, 0.2) is 54.7 Å². The molecule has 1 N–H and O–H groups in total. The van der Waals surface area contributed by atoms with Crippen molar-refractivity contribution in [2.75, 3.05) is 22.9 Å². The third kappa shape index (κ3) is 4.17. The highest BCUT2D eigenvalue weighted by atomic mass is 35.5. The summed E-state index contributed by atoms with van der Waals surface area (Å²) in [6.45, 7) is 3.07. The number of carboxylic acid groups (broad SMARTS) is 1. The van der Waals surface area contributed by atoms with E-state index in [1.807, 2.05) is 55.1 Å². The molecular formula is C28H24ClN5O3S. The van der Waals surface area contributed by atoms with Crippen molar-refractivity contribution in [2.45, 2.75) is 19.8 Å². The number of carbonyl (C=O) groups is 2. The van der Waals surface area contributed by atoms with E-state index >= 15 is 0 Å². The van der Waals surface area contributed by atoms with Crippen molar-refractivity contribution in [1.82, 2.24) is 14.8 Å². The maximum Gasteiger partial charge on any atom is 0.330 e. The summed E-state index contributed by atoms with van der Waals surface area (Å²) in [5.41, 5.74) is 5.84. The number of thiazole rings is 1. The molecule has 0 bridgehead atoms. The van der Waals surface area contributed by atoms with E-state index in [9.17, 15) is 14.7 Å². The van der Waals surface area contributed by atoms with Gasteiger partial charge in [-0.05, 0) is 66.4 Å². The number of rotatable bonds is 5. The number of anilines is 2. The summed E-state index contributed by atoms with van der Waals surface area (Å²) in [7, 11) is 1.89. The number of aromatic nitrogens is 3. The minimum atomic E-state index is -0.903. The number of carboxylic acids is 1. The Morgan fingerprint density at radius 2 is 1.87 bits per heavy atom. The Morgan fingerprint density at radius 1 is 1.11 bits per heavy atom.